The van der Waals surface area contributed by atoms with Crippen molar-refractivity contribution in [2.75, 3.05) is 17.2 Å². The second-order valence-corrected chi connectivity index (χ2v) is 4.64. The summed E-state index contributed by atoms with van der Waals surface area (Å²) in [5.41, 5.74) is 7.01. The Labute approximate surface area is 121 Å². The second-order valence-electron chi connectivity index (χ2n) is 4.23. The lowest BCUT2D eigenvalue weighted by molar-refractivity contribution is 0.0989. The van der Waals surface area contributed by atoms with Crippen LogP contribution in [0.2, 0.25) is 5.02 Å². The van der Waals surface area contributed by atoms with Gasteiger partial charge in [0.05, 0.1) is 10.6 Å². The van der Waals surface area contributed by atoms with Crippen molar-refractivity contribution in [2.45, 2.75) is 6.92 Å². The molecule has 5 heteroatoms. The minimum absolute atomic E-state index is 0.264. The third kappa shape index (κ3) is 2.75. The number of benzene rings is 2. The molecule has 20 heavy (non-hydrogen) atoms. The Bertz CT molecular complexity index is 608. The van der Waals surface area contributed by atoms with Crippen molar-refractivity contribution in [2.24, 2.45) is 0 Å². The first kappa shape index (κ1) is 14.3. The number of nitrogen functional groups attached to an aromatic ring is 1. The van der Waals surface area contributed by atoms with E-state index in [0.29, 0.717) is 22.9 Å². The van der Waals surface area contributed by atoms with Crippen molar-refractivity contribution >= 4 is 28.9 Å². The molecule has 2 N–H and O–H groups in total. The van der Waals surface area contributed by atoms with Crippen LogP contribution in [0.25, 0.3) is 0 Å². The Balaban J connectivity index is 2.42. The third-order valence-electron chi connectivity index (χ3n) is 2.96. The summed E-state index contributed by atoms with van der Waals surface area (Å²) in [5.74, 6) is -0.656. The zero-order valence-corrected chi connectivity index (χ0v) is 11.7. The molecule has 0 heterocycles. The van der Waals surface area contributed by atoms with E-state index in [-0.39, 0.29) is 17.3 Å². The Kier molecular flexibility index (Phi) is 4.25. The van der Waals surface area contributed by atoms with Crippen LogP contribution in [0.1, 0.15) is 17.3 Å². The molecule has 3 nitrogen and oxygen atoms in total. The average molecular weight is 293 g/mol. The maximum Gasteiger partial charge on any atom is 0.261 e. The molecule has 0 saturated carbocycles. The van der Waals surface area contributed by atoms with Crippen LogP contribution in [-0.4, -0.2) is 12.5 Å². The molecule has 0 saturated heterocycles. The van der Waals surface area contributed by atoms with Crippen LogP contribution in [0.5, 0.6) is 0 Å². The average Bonchev–Trinajstić information content (AvgIpc) is 2.41. The Morgan fingerprint density at radius 3 is 2.45 bits per heavy atom. The number of anilines is 2. The van der Waals surface area contributed by atoms with Gasteiger partial charge in [0.1, 0.15) is 5.82 Å². The molecule has 0 aliphatic rings. The van der Waals surface area contributed by atoms with Gasteiger partial charge in [-0.15, -0.1) is 0 Å². The first-order valence-corrected chi connectivity index (χ1v) is 6.53. The molecule has 2 rings (SSSR count). The quantitative estimate of drug-likeness (QED) is 0.876. The standard InChI is InChI=1S/C15H14ClFN2O/c1-2-19(11-8-6-10(17)7-9-11)15(20)14-12(16)4-3-5-13(14)18/h3-9H,2,18H2,1H3. The molecule has 0 spiro atoms. The molecule has 0 aliphatic carbocycles. The van der Waals surface area contributed by atoms with E-state index in [9.17, 15) is 9.18 Å². The van der Waals surface area contributed by atoms with Crippen LogP contribution in [0, 0.1) is 5.82 Å². The summed E-state index contributed by atoms with van der Waals surface area (Å²) >= 11 is 6.05. The number of carbonyl (C=O) groups is 1. The summed E-state index contributed by atoms with van der Waals surface area (Å²) in [4.78, 5) is 14.1. The Morgan fingerprint density at radius 2 is 1.90 bits per heavy atom. The number of hydrogen-bond acceptors (Lipinski definition) is 2. The summed E-state index contributed by atoms with van der Waals surface area (Å²) in [6, 6.07) is 10.6. The van der Waals surface area contributed by atoms with Gasteiger partial charge in [0.15, 0.2) is 0 Å². The Morgan fingerprint density at radius 1 is 1.25 bits per heavy atom. The minimum Gasteiger partial charge on any atom is -0.398 e. The number of nitrogens with zero attached hydrogens (tertiary/aromatic N) is 1. The van der Waals surface area contributed by atoms with Crippen LogP contribution < -0.4 is 10.6 Å². The highest BCUT2D eigenvalue weighted by Gasteiger charge is 2.21. The van der Waals surface area contributed by atoms with E-state index in [4.69, 9.17) is 17.3 Å². The van der Waals surface area contributed by atoms with Gasteiger partial charge in [-0.25, -0.2) is 4.39 Å². The van der Waals surface area contributed by atoms with Crippen LogP contribution in [0.3, 0.4) is 0 Å². The molecule has 0 fully saturated rings. The lowest BCUT2D eigenvalue weighted by Crippen LogP contribution is -2.31. The van der Waals surface area contributed by atoms with E-state index in [1.807, 2.05) is 6.92 Å². The highest BCUT2D eigenvalue weighted by atomic mass is 35.5. The number of nitrogens with two attached hydrogens (primary N) is 1. The second kappa shape index (κ2) is 5.92. The summed E-state index contributed by atoms with van der Waals surface area (Å²) < 4.78 is 13.0. The molecular weight excluding hydrogens is 279 g/mol. The zero-order valence-electron chi connectivity index (χ0n) is 10.9. The van der Waals surface area contributed by atoms with Gasteiger partial charge in [0.2, 0.25) is 0 Å². The summed E-state index contributed by atoms with van der Waals surface area (Å²) in [5, 5.41) is 0.301. The molecule has 1 amide bonds. The van der Waals surface area contributed by atoms with E-state index in [0.717, 1.165) is 0 Å². The summed E-state index contributed by atoms with van der Waals surface area (Å²) in [7, 11) is 0. The van der Waals surface area contributed by atoms with Crippen LogP contribution in [-0.2, 0) is 0 Å². The maximum absolute atomic E-state index is 13.0. The van der Waals surface area contributed by atoms with Gasteiger partial charge < -0.3 is 10.6 Å². The van der Waals surface area contributed by atoms with Gasteiger partial charge in [0, 0.05) is 17.9 Å². The van der Waals surface area contributed by atoms with Gasteiger partial charge in [-0.2, -0.15) is 0 Å². The van der Waals surface area contributed by atoms with E-state index < -0.39 is 0 Å². The van der Waals surface area contributed by atoms with Gasteiger partial charge >= 0.3 is 0 Å². The van der Waals surface area contributed by atoms with E-state index in [1.54, 1.807) is 30.3 Å². The molecular formula is C15H14ClFN2O. The highest BCUT2D eigenvalue weighted by molar-refractivity contribution is 6.35. The number of hydrogen-bond donors (Lipinski definition) is 1. The SMILES string of the molecule is CCN(C(=O)c1c(N)cccc1Cl)c1ccc(F)cc1. The first-order valence-electron chi connectivity index (χ1n) is 6.16. The molecule has 0 atom stereocenters. The zero-order chi connectivity index (χ0) is 14.7. The predicted octanol–water partition coefficient (Wildman–Crippen LogP) is 3.73. The maximum atomic E-state index is 13.0. The molecule has 0 unspecified atom stereocenters. The van der Waals surface area contributed by atoms with E-state index in [1.165, 1.54) is 17.0 Å². The monoisotopic (exact) mass is 292 g/mol. The molecule has 0 bridgehead atoms. The number of rotatable bonds is 3. The van der Waals surface area contributed by atoms with Gasteiger partial charge in [-0.05, 0) is 43.3 Å². The normalized spacial score (nSPS) is 10.3. The predicted molar refractivity (Wildman–Crippen MR) is 79.6 cm³/mol. The van der Waals surface area contributed by atoms with Gasteiger partial charge in [-0.3, -0.25) is 4.79 Å². The first-order chi connectivity index (χ1) is 9.54. The molecule has 0 aliphatic heterocycles. The lowest BCUT2D eigenvalue weighted by atomic mass is 10.1. The minimum atomic E-state index is -0.352. The fourth-order valence-electron chi connectivity index (χ4n) is 1.97. The van der Waals surface area contributed by atoms with Gasteiger partial charge in [0.25, 0.3) is 5.91 Å². The van der Waals surface area contributed by atoms with Crippen molar-refractivity contribution in [3.8, 4) is 0 Å². The third-order valence-corrected chi connectivity index (χ3v) is 3.27. The smallest absolute Gasteiger partial charge is 0.261 e. The van der Waals surface area contributed by atoms with Crippen molar-refractivity contribution in [3.63, 3.8) is 0 Å². The van der Waals surface area contributed by atoms with Crippen molar-refractivity contribution in [1.82, 2.24) is 0 Å². The fraction of sp³-hybridized carbons (Fsp3) is 0.133. The van der Waals surface area contributed by atoms with Crippen LogP contribution >= 0.6 is 11.6 Å². The summed E-state index contributed by atoms with van der Waals surface area (Å²) in [6.07, 6.45) is 0. The molecule has 0 aromatic heterocycles. The van der Waals surface area contributed by atoms with Crippen LogP contribution in [0.4, 0.5) is 15.8 Å². The summed E-state index contributed by atoms with van der Waals surface area (Å²) in [6.45, 7) is 2.25. The number of amides is 1. The van der Waals surface area contributed by atoms with Crippen molar-refractivity contribution < 1.29 is 9.18 Å². The molecule has 2 aromatic rings. The molecule has 2 aromatic carbocycles. The van der Waals surface area contributed by atoms with Crippen LogP contribution in [0.15, 0.2) is 42.5 Å². The van der Waals surface area contributed by atoms with Crippen molar-refractivity contribution in [1.29, 1.82) is 0 Å². The highest BCUT2D eigenvalue weighted by Crippen LogP contribution is 2.26. The molecule has 104 valence electrons. The topological polar surface area (TPSA) is 46.3 Å². The van der Waals surface area contributed by atoms with E-state index in [2.05, 4.69) is 0 Å². The Hall–Kier alpha value is -2.07. The lowest BCUT2D eigenvalue weighted by Gasteiger charge is -2.22. The largest absolute Gasteiger partial charge is 0.398 e. The number of halogens is 2. The molecule has 0 radical (unpaired) electrons. The number of carbonyl (C=O) groups excluding carboxylic acids is 1. The van der Waals surface area contributed by atoms with Gasteiger partial charge in [-0.1, -0.05) is 17.7 Å². The van der Waals surface area contributed by atoms with Crippen molar-refractivity contribution in [3.05, 3.63) is 58.9 Å². The van der Waals surface area contributed by atoms with E-state index >= 15 is 0 Å². The fourth-order valence-corrected chi connectivity index (χ4v) is 2.23.